The van der Waals surface area contributed by atoms with Crippen LogP contribution in [0.2, 0.25) is 0 Å². The molecule has 5 atom stereocenters. The summed E-state index contributed by atoms with van der Waals surface area (Å²) in [5.41, 5.74) is 0.144. The van der Waals surface area contributed by atoms with Gasteiger partial charge >= 0.3 is 5.69 Å². The number of benzene rings is 1. The van der Waals surface area contributed by atoms with Crippen LogP contribution in [-0.4, -0.2) is 44.9 Å². The second-order valence-corrected chi connectivity index (χ2v) is 9.31. The number of piperidine rings is 1. The van der Waals surface area contributed by atoms with Crippen molar-refractivity contribution in [3.63, 3.8) is 0 Å². The average molecular weight is 409 g/mol. The number of amides is 1. The number of rotatable bonds is 3. The minimum atomic E-state index is -0.642. The molecule has 3 fully saturated rings. The van der Waals surface area contributed by atoms with E-state index in [0.29, 0.717) is 6.04 Å². The number of aromatic amines is 2. The average Bonchev–Trinajstić information content (AvgIpc) is 2.86. The Bertz CT molecular complexity index is 1030. The van der Waals surface area contributed by atoms with E-state index in [9.17, 15) is 14.4 Å². The van der Waals surface area contributed by atoms with Crippen LogP contribution in [0.5, 0.6) is 0 Å². The van der Waals surface area contributed by atoms with E-state index in [1.54, 1.807) is 0 Å². The Hall–Kier alpha value is -2.67. The number of hydrogen-bond donors (Lipinski definition) is 3. The number of carbonyl (C=O) groups is 1. The predicted octanol–water partition coefficient (Wildman–Crippen LogP) is 1.81. The molecule has 3 N–H and O–H groups in total. The second kappa shape index (κ2) is 7.23. The molecule has 1 aromatic heterocycles. The molecule has 3 aliphatic rings. The van der Waals surface area contributed by atoms with Crippen LogP contribution < -0.4 is 16.6 Å². The van der Waals surface area contributed by atoms with E-state index in [1.807, 2.05) is 23.1 Å². The van der Waals surface area contributed by atoms with Gasteiger partial charge in [0.05, 0.1) is 0 Å². The van der Waals surface area contributed by atoms with E-state index in [4.69, 9.17) is 0 Å². The first kappa shape index (κ1) is 19.3. The molecule has 1 aliphatic carbocycles. The Balaban J connectivity index is 1.55. The SMILES string of the molecule is C[C@@]12C[C@H]3[C@@H](Cc4ccccc4)N[C@@H]1CCCC[C@@H]2N3C(=O)c1cc(=O)[nH]c(=O)[nH]1. The van der Waals surface area contributed by atoms with Gasteiger partial charge in [-0.2, -0.15) is 0 Å². The number of nitrogens with zero attached hydrogens (tertiary/aromatic N) is 1. The largest absolute Gasteiger partial charge is 0.329 e. The van der Waals surface area contributed by atoms with E-state index in [-0.39, 0.29) is 35.1 Å². The van der Waals surface area contributed by atoms with Crippen LogP contribution >= 0.6 is 0 Å². The third-order valence-electron chi connectivity index (χ3n) is 7.52. The Morgan fingerprint density at radius 3 is 2.67 bits per heavy atom. The maximum Gasteiger partial charge on any atom is 0.326 e. The smallest absolute Gasteiger partial charge is 0.326 e. The molecule has 1 amide bonds. The summed E-state index contributed by atoms with van der Waals surface area (Å²) >= 11 is 0. The van der Waals surface area contributed by atoms with Gasteiger partial charge in [-0.15, -0.1) is 0 Å². The molecule has 1 saturated carbocycles. The number of H-pyrrole nitrogens is 2. The van der Waals surface area contributed by atoms with E-state index < -0.39 is 11.2 Å². The van der Waals surface area contributed by atoms with Crippen molar-refractivity contribution in [1.29, 1.82) is 0 Å². The van der Waals surface area contributed by atoms with Gasteiger partial charge in [-0.05, 0) is 31.2 Å². The minimum Gasteiger partial charge on any atom is -0.329 e. The van der Waals surface area contributed by atoms with Crippen LogP contribution in [0, 0.1) is 5.41 Å². The molecule has 3 heterocycles. The first-order valence-electron chi connectivity index (χ1n) is 10.9. The summed E-state index contributed by atoms with van der Waals surface area (Å²) in [6, 6.07) is 12.2. The first-order chi connectivity index (χ1) is 14.5. The summed E-state index contributed by atoms with van der Waals surface area (Å²) in [6.07, 6.45) is 6.12. The molecule has 5 rings (SSSR count). The Morgan fingerprint density at radius 2 is 1.90 bits per heavy atom. The quantitative estimate of drug-likeness (QED) is 0.721. The van der Waals surface area contributed by atoms with Crippen molar-refractivity contribution in [2.75, 3.05) is 0 Å². The normalized spacial score (nSPS) is 32.6. The molecule has 0 unspecified atom stereocenters. The van der Waals surface area contributed by atoms with Crippen molar-refractivity contribution >= 4 is 5.91 Å². The molecular weight excluding hydrogens is 380 g/mol. The number of likely N-dealkylation sites (tertiary alicyclic amines) is 1. The predicted molar refractivity (Wildman–Crippen MR) is 113 cm³/mol. The molecule has 0 spiro atoms. The van der Waals surface area contributed by atoms with Gasteiger partial charge in [0.1, 0.15) is 5.69 Å². The van der Waals surface area contributed by atoms with Gasteiger partial charge in [-0.1, -0.05) is 50.1 Å². The number of nitrogens with one attached hydrogen (secondary N) is 3. The monoisotopic (exact) mass is 408 g/mol. The Morgan fingerprint density at radius 1 is 1.13 bits per heavy atom. The number of hydrogen-bond acceptors (Lipinski definition) is 4. The summed E-state index contributed by atoms with van der Waals surface area (Å²) in [5.74, 6) is -0.237. The topological polar surface area (TPSA) is 98.1 Å². The lowest BCUT2D eigenvalue weighted by Gasteiger charge is -2.43. The third-order valence-corrected chi connectivity index (χ3v) is 7.52. The summed E-state index contributed by atoms with van der Waals surface area (Å²) in [6.45, 7) is 2.31. The van der Waals surface area contributed by atoms with Crippen molar-refractivity contribution in [2.24, 2.45) is 5.41 Å². The molecule has 2 aliphatic heterocycles. The summed E-state index contributed by atoms with van der Waals surface area (Å²) in [4.78, 5) is 44.0. The molecule has 1 aromatic carbocycles. The molecule has 2 aromatic rings. The highest BCUT2D eigenvalue weighted by molar-refractivity contribution is 5.93. The van der Waals surface area contributed by atoms with Crippen LogP contribution in [-0.2, 0) is 6.42 Å². The fourth-order valence-corrected chi connectivity index (χ4v) is 6.15. The highest BCUT2D eigenvalue weighted by atomic mass is 16.2. The molecule has 0 radical (unpaired) electrons. The molecule has 2 bridgehead atoms. The maximum absolute atomic E-state index is 13.6. The summed E-state index contributed by atoms with van der Waals surface area (Å²) in [5, 5.41) is 3.90. The van der Waals surface area contributed by atoms with Crippen molar-refractivity contribution in [3.05, 3.63) is 68.5 Å². The van der Waals surface area contributed by atoms with Gasteiger partial charge < -0.3 is 15.2 Å². The van der Waals surface area contributed by atoms with Gasteiger partial charge in [-0.25, -0.2) is 4.79 Å². The Labute approximate surface area is 174 Å². The van der Waals surface area contributed by atoms with Crippen LogP contribution in [0.25, 0.3) is 0 Å². The standard InChI is InChI=1S/C23H28N4O3/c1-23-13-17-15(11-14-7-3-2-4-8-14)24-18(23)9-5-6-10-19(23)27(17)21(29)16-12-20(28)26-22(30)25-16/h2-4,7-8,12,15,17-19,24H,5-6,9-11,13H2,1H3,(H2,25,26,28,30)/t15-,17+,18-,19+,23-/m1/s1. The molecule has 2 saturated heterocycles. The van der Waals surface area contributed by atoms with Crippen molar-refractivity contribution < 1.29 is 4.79 Å². The summed E-state index contributed by atoms with van der Waals surface area (Å²) < 4.78 is 0. The van der Waals surface area contributed by atoms with Crippen molar-refractivity contribution in [1.82, 2.24) is 20.2 Å². The highest BCUT2D eigenvalue weighted by Gasteiger charge is 2.60. The third kappa shape index (κ3) is 3.12. The van der Waals surface area contributed by atoms with Gasteiger partial charge in [0.25, 0.3) is 11.5 Å². The van der Waals surface area contributed by atoms with Gasteiger partial charge in [-0.3, -0.25) is 14.6 Å². The maximum atomic E-state index is 13.6. The van der Waals surface area contributed by atoms with E-state index >= 15 is 0 Å². The fourth-order valence-electron chi connectivity index (χ4n) is 6.15. The fraction of sp³-hybridized carbons (Fsp3) is 0.522. The molecule has 7 nitrogen and oxygen atoms in total. The van der Waals surface area contributed by atoms with E-state index in [0.717, 1.165) is 38.5 Å². The van der Waals surface area contributed by atoms with Crippen LogP contribution in [0.4, 0.5) is 0 Å². The van der Waals surface area contributed by atoms with E-state index in [1.165, 1.54) is 11.6 Å². The lowest BCUT2D eigenvalue weighted by molar-refractivity contribution is 0.0605. The van der Waals surface area contributed by atoms with Gasteiger partial charge in [0.2, 0.25) is 0 Å². The first-order valence-corrected chi connectivity index (χ1v) is 10.9. The second-order valence-electron chi connectivity index (χ2n) is 9.31. The zero-order valence-corrected chi connectivity index (χ0v) is 17.2. The van der Waals surface area contributed by atoms with Gasteiger partial charge in [0, 0.05) is 35.6 Å². The van der Waals surface area contributed by atoms with Crippen molar-refractivity contribution in [2.45, 2.75) is 69.6 Å². The lowest BCUT2D eigenvalue weighted by Crippen LogP contribution is -2.57. The lowest BCUT2D eigenvalue weighted by atomic mass is 9.70. The van der Waals surface area contributed by atoms with Crippen LogP contribution in [0.15, 0.2) is 46.0 Å². The van der Waals surface area contributed by atoms with Crippen LogP contribution in [0.3, 0.4) is 0 Å². The zero-order valence-electron chi connectivity index (χ0n) is 17.2. The molecule has 158 valence electrons. The number of aromatic nitrogens is 2. The number of fused-ring (bicyclic) bond motifs is 1. The minimum absolute atomic E-state index is 0.00547. The summed E-state index contributed by atoms with van der Waals surface area (Å²) in [7, 11) is 0. The zero-order chi connectivity index (χ0) is 20.9. The Kier molecular flexibility index (Phi) is 4.65. The number of carbonyl (C=O) groups excluding carboxylic acids is 1. The molecule has 7 heteroatoms. The highest BCUT2D eigenvalue weighted by Crippen LogP contribution is 2.52. The molecular formula is C23H28N4O3. The van der Waals surface area contributed by atoms with Gasteiger partial charge in [0.15, 0.2) is 0 Å². The van der Waals surface area contributed by atoms with Crippen LogP contribution in [0.1, 0.15) is 55.1 Å². The van der Waals surface area contributed by atoms with Crippen molar-refractivity contribution in [3.8, 4) is 0 Å². The van der Waals surface area contributed by atoms with E-state index in [2.05, 4.69) is 34.3 Å². The molecule has 30 heavy (non-hydrogen) atoms.